The van der Waals surface area contributed by atoms with Gasteiger partial charge in [-0.3, -0.25) is 0 Å². The molecule has 0 amide bonds. The maximum atomic E-state index is 12.5. The van der Waals surface area contributed by atoms with Gasteiger partial charge in [-0.05, 0) is 38.0 Å². The Kier molecular flexibility index (Phi) is 4.87. The lowest BCUT2D eigenvalue weighted by atomic mass is 10.1. The Morgan fingerprint density at radius 2 is 2.21 bits per heavy atom. The zero-order chi connectivity index (χ0) is 19.7. The highest BCUT2D eigenvalue weighted by molar-refractivity contribution is 6.21. The fraction of sp³-hybridized carbons (Fsp3) is 0.350. The van der Waals surface area contributed by atoms with E-state index < -0.39 is 5.97 Å². The summed E-state index contributed by atoms with van der Waals surface area (Å²) in [7, 11) is 0. The molecule has 4 heterocycles. The lowest BCUT2D eigenvalue weighted by Crippen LogP contribution is -2.36. The van der Waals surface area contributed by atoms with Crippen LogP contribution >= 0.6 is 0 Å². The molecule has 0 radical (unpaired) electrons. The number of aromatic hydroxyl groups is 1. The van der Waals surface area contributed by atoms with Crippen LogP contribution in [0.3, 0.4) is 0 Å². The van der Waals surface area contributed by atoms with Crippen molar-refractivity contribution in [2.24, 2.45) is 4.99 Å². The van der Waals surface area contributed by atoms with Crippen molar-refractivity contribution in [2.45, 2.75) is 25.9 Å². The van der Waals surface area contributed by atoms with Crippen molar-refractivity contribution in [2.75, 3.05) is 24.6 Å². The molecule has 0 aliphatic carbocycles. The maximum Gasteiger partial charge on any atom is 0.347 e. The number of rotatable bonds is 4. The summed E-state index contributed by atoms with van der Waals surface area (Å²) in [5.41, 5.74) is 1.55. The van der Waals surface area contributed by atoms with Crippen LogP contribution in [-0.4, -0.2) is 53.2 Å². The Bertz CT molecular complexity index is 955. The summed E-state index contributed by atoms with van der Waals surface area (Å²) in [4.78, 5) is 22.7. The first-order valence-corrected chi connectivity index (χ1v) is 9.25. The number of anilines is 1. The molecule has 2 N–H and O–H groups in total. The molecule has 2 aromatic rings. The van der Waals surface area contributed by atoms with E-state index >= 15 is 0 Å². The van der Waals surface area contributed by atoms with Gasteiger partial charge in [0.25, 0.3) is 0 Å². The molecule has 4 rings (SSSR count). The first kappa shape index (κ1) is 18.2. The number of aliphatic hydroxyl groups is 1. The van der Waals surface area contributed by atoms with Gasteiger partial charge in [0.05, 0.1) is 12.7 Å². The van der Waals surface area contributed by atoms with Crippen LogP contribution in [0.2, 0.25) is 0 Å². The topological polar surface area (TPSA) is 108 Å². The standard InChI is InChI=1S/C20H21N3O5/c1-2-27-20(26)16-17(25)15(28-19(16)23-8-5-13(24)6-9-23)10-12-11-22-18-14(12)4-3-7-21-18/h3-4,7,10-11,13,24-25H,2,5-6,8-9H2,1H3/b12-10+. The number of fused-ring (bicyclic) bond motifs is 1. The zero-order valence-corrected chi connectivity index (χ0v) is 15.5. The van der Waals surface area contributed by atoms with Crippen LogP contribution in [-0.2, 0) is 4.74 Å². The van der Waals surface area contributed by atoms with Gasteiger partial charge in [-0.2, -0.15) is 0 Å². The van der Waals surface area contributed by atoms with Gasteiger partial charge in [-0.15, -0.1) is 0 Å². The minimum absolute atomic E-state index is 0.00596. The van der Waals surface area contributed by atoms with Crippen LogP contribution < -0.4 is 4.90 Å². The monoisotopic (exact) mass is 383 g/mol. The number of esters is 1. The minimum Gasteiger partial charge on any atom is -0.504 e. The van der Waals surface area contributed by atoms with Gasteiger partial charge in [-0.1, -0.05) is 0 Å². The van der Waals surface area contributed by atoms with Gasteiger partial charge in [0, 0.05) is 36.6 Å². The molecule has 8 nitrogen and oxygen atoms in total. The van der Waals surface area contributed by atoms with Crippen molar-refractivity contribution >= 4 is 35.5 Å². The van der Waals surface area contributed by atoms with E-state index in [4.69, 9.17) is 9.15 Å². The van der Waals surface area contributed by atoms with Crippen LogP contribution in [0, 0.1) is 0 Å². The Morgan fingerprint density at radius 1 is 1.43 bits per heavy atom. The fourth-order valence-electron chi connectivity index (χ4n) is 3.39. The Hall–Kier alpha value is -3.13. The second kappa shape index (κ2) is 7.47. The van der Waals surface area contributed by atoms with Gasteiger partial charge >= 0.3 is 5.97 Å². The predicted octanol–water partition coefficient (Wildman–Crippen LogP) is 2.77. The molecule has 146 valence electrons. The SMILES string of the molecule is CCOC(=O)c1c(N2CCC(O)CC2)oc(/C=C2\C=Nc3ncccc32)c1O. The van der Waals surface area contributed by atoms with Crippen LogP contribution in [0.5, 0.6) is 5.75 Å². The number of aliphatic hydroxyl groups excluding tert-OH is 1. The summed E-state index contributed by atoms with van der Waals surface area (Å²) in [6.45, 7) is 2.92. The number of allylic oxidation sites excluding steroid dienone is 1. The normalized spacial score (nSPS) is 17.9. The molecular formula is C20H21N3O5. The highest BCUT2D eigenvalue weighted by atomic mass is 16.5. The Morgan fingerprint density at radius 3 is 2.96 bits per heavy atom. The number of carbonyl (C=O) groups is 1. The lowest BCUT2D eigenvalue weighted by molar-refractivity contribution is 0.0523. The van der Waals surface area contributed by atoms with E-state index in [1.165, 1.54) is 0 Å². The number of piperidine rings is 1. The molecule has 0 spiro atoms. The third kappa shape index (κ3) is 3.27. The summed E-state index contributed by atoms with van der Waals surface area (Å²) >= 11 is 0. The number of furan rings is 1. The molecule has 28 heavy (non-hydrogen) atoms. The van der Waals surface area contributed by atoms with Crippen molar-refractivity contribution in [1.29, 1.82) is 0 Å². The van der Waals surface area contributed by atoms with Gasteiger partial charge in [-0.25, -0.2) is 14.8 Å². The molecule has 2 aliphatic heterocycles. The van der Waals surface area contributed by atoms with Gasteiger partial charge < -0.3 is 24.3 Å². The highest BCUT2D eigenvalue weighted by Crippen LogP contribution is 2.40. The number of ether oxygens (including phenoxy) is 1. The zero-order valence-electron chi connectivity index (χ0n) is 15.5. The molecule has 0 bridgehead atoms. The van der Waals surface area contributed by atoms with E-state index in [1.807, 2.05) is 11.0 Å². The van der Waals surface area contributed by atoms with Crippen molar-refractivity contribution in [3.8, 4) is 5.75 Å². The molecule has 0 unspecified atom stereocenters. The third-order valence-corrected chi connectivity index (χ3v) is 4.83. The molecule has 2 aromatic heterocycles. The molecule has 1 saturated heterocycles. The van der Waals surface area contributed by atoms with E-state index in [1.54, 1.807) is 31.5 Å². The average molecular weight is 383 g/mol. The quantitative estimate of drug-likeness (QED) is 0.782. The van der Waals surface area contributed by atoms with Crippen LogP contribution in [0.15, 0.2) is 27.7 Å². The van der Waals surface area contributed by atoms with Crippen LogP contribution in [0.4, 0.5) is 11.7 Å². The van der Waals surface area contributed by atoms with Crippen LogP contribution in [0.25, 0.3) is 11.6 Å². The summed E-state index contributed by atoms with van der Waals surface area (Å²) < 4.78 is 11.0. The van der Waals surface area contributed by atoms with Crippen molar-refractivity contribution < 1.29 is 24.2 Å². The van der Waals surface area contributed by atoms with Gasteiger partial charge in [0.1, 0.15) is 0 Å². The second-order valence-corrected chi connectivity index (χ2v) is 6.67. The number of nitrogens with zero attached hydrogens (tertiary/aromatic N) is 3. The summed E-state index contributed by atoms with van der Waals surface area (Å²) in [5, 5.41) is 20.5. The lowest BCUT2D eigenvalue weighted by Gasteiger charge is -2.29. The molecule has 8 heteroatoms. The van der Waals surface area contributed by atoms with E-state index in [0.29, 0.717) is 31.7 Å². The van der Waals surface area contributed by atoms with Crippen molar-refractivity contribution in [3.05, 3.63) is 35.2 Å². The first-order chi connectivity index (χ1) is 13.6. The van der Waals surface area contributed by atoms with Crippen molar-refractivity contribution in [1.82, 2.24) is 4.98 Å². The van der Waals surface area contributed by atoms with E-state index in [2.05, 4.69) is 9.98 Å². The summed E-state index contributed by atoms with van der Waals surface area (Å²) in [5.74, 6) is 0.100. The van der Waals surface area contributed by atoms with Gasteiger partial charge in [0.15, 0.2) is 22.9 Å². The molecule has 0 saturated carbocycles. The van der Waals surface area contributed by atoms with E-state index in [-0.39, 0.29) is 35.7 Å². The van der Waals surface area contributed by atoms with Crippen molar-refractivity contribution in [3.63, 3.8) is 0 Å². The number of aromatic nitrogens is 1. The number of pyridine rings is 1. The fourth-order valence-corrected chi connectivity index (χ4v) is 3.39. The number of carbonyl (C=O) groups excluding carboxylic acids is 1. The summed E-state index contributed by atoms with van der Waals surface area (Å²) in [6.07, 6.45) is 5.69. The molecular weight excluding hydrogens is 362 g/mol. The third-order valence-electron chi connectivity index (χ3n) is 4.83. The van der Waals surface area contributed by atoms with E-state index in [9.17, 15) is 15.0 Å². The highest BCUT2D eigenvalue weighted by Gasteiger charge is 2.31. The van der Waals surface area contributed by atoms with E-state index in [0.717, 1.165) is 11.1 Å². The summed E-state index contributed by atoms with van der Waals surface area (Å²) in [6, 6.07) is 3.68. The average Bonchev–Trinajstić information content (AvgIpc) is 3.25. The molecule has 2 aliphatic rings. The Balaban J connectivity index is 1.75. The first-order valence-electron chi connectivity index (χ1n) is 9.25. The number of hydrogen-bond acceptors (Lipinski definition) is 8. The number of hydrogen-bond donors (Lipinski definition) is 2. The Labute approximate surface area is 161 Å². The smallest absolute Gasteiger partial charge is 0.347 e. The maximum absolute atomic E-state index is 12.5. The molecule has 1 fully saturated rings. The molecule has 0 atom stereocenters. The minimum atomic E-state index is -0.642. The van der Waals surface area contributed by atoms with Gasteiger partial charge in [0.2, 0.25) is 5.88 Å². The predicted molar refractivity (Wildman–Crippen MR) is 104 cm³/mol. The second-order valence-electron chi connectivity index (χ2n) is 6.67. The number of aliphatic imine (C=N–C) groups is 1. The van der Waals surface area contributed by atoms with Crippen LogP contribution in [0.1, 0.15) is 41.4 Å². The molecule has 0 aromatic carbocycles. The largest absolute Gasteiger partial charge is 0.504 e.